The maximum absolute atomic E-state index is 12.8. The van der Waals surface area contributed by atoms with Crippen molar-refractivity contribution in [2.75, 3.05) is 19.0 Å². The van der Waals surface area contributed by atoms with Crippen LogP contribution in [0.5, 0.6) is 0 Å². The van der Waals surface area contributed by atoms with Gasteiger partial charge in [0.2, 0.25) is 0 Å². The molecule has 0 aromatic heterocycles. The number of benzene rings is 1. The lowest BCUT2D eigenvalue weighted by Crippen LogP contribution is -2.61. The summed E-state index contributed by atoms with van der Waals surface area (Å²) in [5.41, 5.74) is -0.932. The zero-order valence-electron chi connectivity index (χ0n) is 24.8. The van der Waals surface area contributed by atoms with Crippen molar-refractivity contribution in [1.82, 2.24) is 0 Å². The lowest BCUT2D eigenvalue weighted by molar-refractivity contribution is -0.322. The summed E-state index contributed by atoms with van der Waals surface area (Å²) in [6.07, 6.45) is -1.72. The Kier molecular flexibility index (Phi) is 11.9. The molecule has 2 aliphatic heterocycles. The van der Waals surface area contributed by atoms with Crippen LogP contribution < -0.4 is 0 Å². The maximum Gasteiger partial charge on any atom is 0.320 e. The molecule has 0 saturated carbocycles. The van der Waals surface area contributed by atoms with E-state index in [2.05, 4.69) is 0 Å². The smallest absolute Gasteiger partial charge is 0.320 e. The number of hydrogen-bond donors (Lipinski definition) is 1. The van der Waals surface area contributed by atoms with Gasteiger partial charge in [0.25, 0.3) is 0 Å². The number of esters is 2. The third kappa shape index (κ3) is 9.70. The zero-order chi connectivity index (χ0) is 29.5. The van der Waals surface area contributed by atoms with Crippen molar-refractivity contribution >= 4 is 23.7 Å². The van der Waals surface area contributed by atoms with Crippen molar-refractivity contribution < 1.29 is 43.1 Å². The minimum atomic E-state index is -1.02. The Morgan fingerprint density at radius 2 is 1.62 bits per heavy atom. The van der Waals surface area contributed by atoms with E-state index in [0.29, 0.717) is 26.1 Å². The van der Waals surface area contributed by atoms with Gasteiger partial charge in [-0.25, -0.2) is 0 Å². The summed E-state index contributed by atoms with van der Waals surface area (Å²) in [5, 5.41) is 11.3. The van der Waals surface area contributed by atoms with Crippen LogP contribution >= 0.6 is 11.8 Å². The van der Waals surface area contributed by atoms with Gasteiger partial charge in [-0.3, -0.25) is 9.59 Å². The van der Waals surface area contributed by atoms with Crippen molar-refractivity contribution in [1.29, 1.82) is 0 Å². The second-order valence-corrected chi connectivity index (χ2v) is 13.5. The molecule has 2 fully saturated rings. The predicted octanol–water partition coefficient (Wildman–Crippen LogP) is 4.79. The Labute approximate surface area is 242 Å². The number of unbranched alkanes of at least 4 members (excludes halogenated alkanes) is 1. The Morgan fingerprint density at radius 1 is 1.00 bits per heavy atom. The van der Waals surface area contributed by atoms with E-state index in [0.717, 1.165) is 11.3 Å². The summed E-state index contributed by atoms with van der Waals surface area (Å²) in [7, 11) is 0. The number of thioether (sulfide) groups is 1. The van der Waals surface area contributed by atoms with Crippen LogP contribution in [0.4, 0.5) is 0 Å². The highest BCUT2D eigenvalue weighted by molar-refractivity contribution is 7.99. The van der Waals surface area contributed by atoms with Crippen LogP contribution in [0.2, 0.25) is 0 Å². The molecule has 9 nitrogen and oxygen atoms in total. The highest BCUT2D eigenvalue weighted by atomic mass is 32.2. The van der Waals surface area contributed by atoms with Crippen molar-refractivity contribution in [3.63, 3.8) is 0 Å². The minimum absolute atomic E-state index is 0.272. The lowest BCUT2D eigenvalue weighted by atomic mass is 9.98. The van der Waals surface area contributed by atoms with Crippen molar-refractivity contribution in [3.05, 3.63) is 35.9 Å². The molecular weight excluding hydrogens is 536 g/mol. The number of aliphatic hydroxyl groups is 1. The van der Waals surface area contributed by atoms with E-state index in [1.54, 1.807) is 53.3 Å². The molecule has 2 saturated heterocycles. The van der Waals surface area contributed by atoms with Gasteiger partial charge >= 0.3 is 11.9 Å². The number of ether oxygens (including phenoxy) is 6. The first-order chi connectivity index (χ1) is 18.8. The Hall–Kier alpha value is -1.69. The van der Waals surface area contributed by atoms with Crippen molar-refractivity contribution in [3.8, 4) is 0 Å². The quantitative estimate of drug-likeness (QED) is 0.222. The van der Waals surface area contributed by atoms with Crippen LogP contribution in [0.1, 0.15) is 79.6 Å². The summed E-state index contributed by atoms with van der Waals surface area (Å²) < 4.78 is 35.4. The average molecular weight is 583 g/mol. The molecular formula is C30H46O9S. The van der Waals surface area contributed by atoms with Crippen LogP contribution in [0.3, 0.4) is 0 Å². The lowest BCUT2D eigenvalue weighted by Gasteiger charge is -2.47. The molecule has 0 aliphatic carbocycles. The van der Waals surface area contributed by atoms with Crippen LogP contribution in [-0.2, 0) is 38.0 Å². The number of hydrogen-bond acceptors (Lipinski definition) is 10. The first kappa shape index (κ1) is 32.8. The van der Waals surface area contributed by atoms with Gasteiger partial charge in [-0.2, -0.15) is 0 Å². The van der Waals surface area contributed by atoms with E-state index >= 15 is 0 Å². The molecule has 0 radical (unpaired) electrons. The van der Waals surface area contributed by atoms with E-state index in [9.17, 15) is 14.7 Å². The number of carbonyl (C=O) groups excluding carboxylic acids is 2. The molecule has 0 bridgehead atoms. The standard InChI is InChI=1S/C30H46O9S/c1-8-40-28-24(22(31)23-21(36-28)18-35-27(37-23)19-14-10-9-11-15-19)34-17-13-12-16-20(25(32)38-29(2,3)4)26(33)39-30(5,6)7/h9-11,14-15,20-24,27-28,31H,8,12-13,16-18H2,1-7H3/t21-,22+,23+,24-,27?,28+/m1/s1. The molecule has 226 valence electrons. The number of rotatable bonds is 11. The largest absolute Gasteiger partial charge is 0.459 e. The molecule has 6 atom stereocenters. The third-order valence-electron chi connectivity index (χ3n) is 6.29. The van der Waals surface area contributed by atoms with E-state index in [1.807, 2.05) is 37.3 Å². The van der Waals surface area contributed by atoms with Gasteiger partial charge in [-0.15, -0.1) is 11.8 Å². The first-order valence-electron chi connectivity index (χ1n) is 14.1. The number of fused-ring (bicyclic) bond motifs is 1. The third-order valence-corrected chi connectivity index (χ3v) is 7.33. The molecule has 1 aromatic rings. The summed E-state index contributed by atoms with van der Waals surface area (Å²) >= 11 is 1.56. The van der Waals surface area contributed by atoms with Crippen LogP contribution in [-0.4, -0.2) is 77.1 Å². The van der Waals surface area contributed by atoms with E-state index in [4.69, 9.17) is 28.4 Å². The first-order valence-corrected chi connectivity index (χ1v) is 15.2. The highest BCUT2D eigenvalue weighted by Crippen LogP contribution is 2.38. The topological polar surface area (TPSA) is 110 Å². The molecule has 2 heterocycles. The minimum Gasteiger partial charge on any atom is -0.459 e. The summed E-state index contributed by atoms with van der Waals surface area (Å²) in [6, 6.07) is 9.60. The molecule has 1 aromatic carbocycles. The molecule has 2 aliphatic rings. The molecule has 0 spiro atoms. The predicted molar refractivity (Wildman–Crippen MR) is 152 cm³/mol. The van der Waals surface area contributed by atoms with Gasteiger partial charge in [0.05, 0.1) is 6.61 Å². The second kappa shape index (κ2) is 14.5. The van der Waals surface area contributed by atoms with Gasteiger partial charge in [0.15, 0.2) is 12.2 Å². The molecule has 3 rings (SSSR count). The van der Waals surface area contributed by atoms with Crippen LogP contribution in [0, 0.1) is 5.92 Å². The molecule has 0 amide bonds. The number of carbonyl (C=O) groups is 2. The molecule has 10 heteroatoms. The van der Waals surface area contributed by atoms with Crippen LogP contribution in [0.25, 0.3) is 0 Å². The fourth-order valence-corrected chi connectivity index (χ4v) is 5.55. The van der Waals surface area contributed by atoms with E-state index in [1.165, 1.54) is 0 Å². The Balaban J connectivity index is 1.57. The van der Waals surface area contributed by atoms with Crippen LogP contribution in [0.15, 0.2) is 30.3 Å². The summed E-state index contributed by atoms with van der Waals surface area (Å²) in [6.45, 7) is 13.2. The SMILES string of the molecule is CCS[C@@H]1O[C@@H]2COC(c3ccccc3)O[C@@H]2[C@H](O)[C@H]1OCCCCC(C(=O)OC(C)(C)C)C(=O)OC(C)(C)C. The monoisotopic (exact) mass is 582 g/mol. The number of aliphatic hydroxyl groups excluding tert-OH is 1. The zero-order valence-corrected chi connectivity index (χ0v) is 25.6. The Bertz CT molecular complexity index is 915. The summed E-state index contributed by atoms with van der Waals surface area (Å²) in [5.74, 6) is -1.41. The fraction of sp³-hybridized carbons (Fsp3) is 0.733. The average Bonchev–Trinajstić information content (AvgIpc) is 2.86. The van der Waals surface area contributed by atoms with E-state index in [-0.39, 0.29) is 11.9 Å². The summed E-state index contributed by atoms with van der Waals surface area (Å²) in [4.78, 5) is 25.6. The Morgan fingerprint density at radius 3 is 2.20 bits per heavy atom. The normalized spacial score (nSPS) is 27.2. The fourth-order valence-electron chi connectivity index (χ4n) is 4.57. The van der Waals surface area contributed by atoms with Crippen molar-refractivity contribution in [2.45, 2.75) is 115 Å². The van der Waals surface area contributed by atoms with Gasteiger partial charge in [0.1, 0.15) is 41.1 Å². The van der Waals surface area contributed by atoms with Gasteiger partial charge in [-0.1, -0.05) is 37.3 Å². The molecule has 1 N–H and O–H groups in total. The molecule has 1 unspecified atom stereocenters. The van der Waals surface area contributed by atoms with Crippen molar-refractivity contribution in [2.24, 2.45) is 5.92 Å². The van der Waals surface area contributed by atoms with Gasteiger partial charge in [0, 0.05) is 12.2 Å². The maximum atomic E-state index is 12.8. The second-order valence-electron chi connectivity index (χ2n) is 12.1. The van der Waals surface area contributed by atoms with Gasteiger partial charge in [-0.05, 0) is 66.6 Å². The van der Waals surface area contributed by atoms with Gasteiger partial charge < -0.3 is 33.5 Å². The molecule has 40 heavy (non-hydrogen) atoms. The highest BCUT2D eigenvalue weighted by Gasteiger charge is 2.50. The van der Waals surface area contributed by atoms with E-state index < -0.39 is 59.8 Å².